The summed E-state index contributed by atoms with van der Waals surface area (Å²) in [5.41, 5.74) is 1.71. The Morgan fingerprint density at radius 2 is 1.59 bits per heavy atom. The molecule has 0 fully saturated rings. The topological polar surface area (TPSA) is 74.6 Å². The van der Waals surface area contributed by atoms with Crippen LogP contribution >= 0.6 is 7.37 Å². The maximum absolute atomic E-state index is 12.6. The van der Waals surface area contributed by atoms with Crippen LogP contribution < -0.4 is 0 Å². The second-order valence-corrected chi connectivity index (χ2v) is 9.30. The number of rotatable bonds is 8. The van der Waals surface area contributed by atoms with Gasteiger partial charge in [-0.05, 0) is 34.7 Å². The van der Waals surface area contributed by atoms with Crippen LogP contribution in [0.4, 0.5) is 0 Å². The van der Waals surface area contributed by atoms with Gasteiger partial charge in [0, 0.05) is 12.3 Å². The molecule has 2 N–H and O–H groups in total. The minimum absolute atomic E-state index is 0.118. The Kier molecular flexibility index (Phi) is 6.10. The summed E-state index contributed by atoms with van der Waals surface area (Å²) < 4.78 is 12.6. The smallest absolute Gasteiger partial charge is 0.311 e. The van der Waals surface area contributed by atoms with Crippen molar-refractivity contribution in [2.45, 2.75) is 18.8 Å². The van der Waals surface area contributed by atoms with Gasteiger partial charge in [-0.1, -0.05) is 72.8 Å². The van der Waals surface area contributed by atoms with Crippen LogP contribution in [0.25, 0.3) is 10.8 Å². The molecule has 0 aliphatic heterocycles. The van der Waals surface area contributed by atoms with E-state index in [9.17, 15) is 19.4 Å². The zero-order valence-electron chi connectivity index (χ0n) is 15.0. The van der Waals surface area contributed by atoms with E-state index in [1.54, 1.807) is 30.3 Å². The summed E-state index contributed by atoms with van der Waals surface area (Å²) in [6.07, 6.45) is 1.12. The van der Waals surface area contributed by atoms with Gasteiger partial charge in [0.2, 0.25) is 7.37 Å². The Hall–Kier alpha value is -2.42. The molecule has 0 aliphatic carbocycles. The van der Waals surface area contributed by atoms with Crippen LogP contribution in [-0.4, -0.2) is 28.3 Å². The number of aliphatic carboxylic acids is 1. The van der Waals surface area contributed by atoms with Crippen LogP contribution in [0.1, 0.15) is 23.5 Å². The highest BCUT2D eigenvalue weighted by atomic mass is 31.2. The number of fused-ring (bicyclic) bond motifs is 1. The van der Waals surface area contributed by atoms with Gasteiger partial charge in [0.1, 0.15) is 0 Å². The van der Waals surface area contributed by atoms with E-state index < -0.39 is 19.3 Å². The van der Waals surface area contributed by atoms with Crippen molar-refractivity contribution in [2.24, 2.45) is 0 Å². The quantitative estimate of drug-likeness (QED) is 0.543. The van der Waals surface area contributed by atoms with Crippen molar-refractivity contribution >= 4 is 24.1 Å². The molecular formula is C22H23O4P. The molecule has 2 unspecified atom stereocenters. The molecular weight excluding hydrogens is 359 g/mol. The standard InChI is InChI=1S/C22H23O4P/c23-22(24)21(19-8-2-1-3-9-19)16-27(25,26)15-7-13-18-12-6-11-17-10-4-5-14-20(17)18/h1-6,8-12,14,21H,7,13,15-16H2,(H,23,24)(H,25,26). The summed E-state index contributed by atoms with van der Waals surface area (Å²) in [7, 11) is -3.55. The third-order valence-corrected chi connectivity index (χ3v) is 6.75. The minimum Gasteiger partial charge on any atom is -0.481 e. The van der Waals surface area contributed by atoms with Crippen LogP contribution in [0.5, 0.6) is 0 Å². The maximum atomic E-state index is 12.6. The molecule has 0 spiro atoms. The van der Waals surface area contributed by atoms with E-state index in [0.29, 0.717) is 18.4 Å². The van der Waals surface area contributed by atoms with Gasteiger partial charge in [-0.3, -0.25) is 9.36 Å². The first kappa shape index (κ1) is 19.3. The summed E-state index contributed by atoms with van der Waals surface area (Å²) >= 11 is 0. The zero-order chi connectivity index (χ0) is 19.3. The average Bonchev–Trinajstić information content (AvgIpc) is 2.67. The molecule has 2 atom stereocenters. The molecule has 0 saturated carbocycles. The van der Waals surface area contributed by atoms with Crippen LogP contribution in [0, 0.1) is 0 Å². The summed E-state index contributed by atoms with van der Waals surface area (Å²) in [5, 5.41) is 11.8. The van der Waals surface area contributed by atoms with Gasteiger partial charge in [0.25, 0.3) is 0 Å². The zero-order valence-corrected chi connectivity index (χ0v) is 15.9. The number of hydrogen-bond acceptors (Lipinski definition) is 2. The summed E-state index contributed by atoms with van der Waals surface area (Å²) in [5.74, 6) is -2.02. The molecule has 0 heterocycles. The van der Waals surface area contributed by atoms with Crippen molar-refractivity contribution in [2.75, 3.05) is 12.3 Å². The van der Waals surface area contributed by atoms with Gasteiger partial charge in [0.15, 0.2) is 0 Å². The fourth-order valence-electron chi connectivity index (χ4n) is 3.42. The molecule has 0 amide bonds. The average molecular weight is 382 g/mol. The van der Waals surface area contributed by atoms with Gasteiger partial charge in [-0.2, -0.15) is 0 Å². The lowest BCUT2D eigenvalue weighted by Crippen LogP contribution is -2.17. The van der Waals surface area contributed by atoms with Crippen molar-refractivity contribution in [3.63, 3.8) is 0 Å². The summed E-state index contributed by atoms with van der Waals surface area (Å²) in [6.45, 7) is 0. The van der Waals surface area contributed by atoms with Crippen molar-refractivity contribution in [1.29, 1.82) is 0 Å². The van der Waals surface area contributed by atoms with Crippen molar-refractivity contribution in [3.8, 4) is 0 Å². The molecule has 3 aromatic rings. The molecule has 0 bridgehead atoms. The molecule has 0 saturated heterocycles. The largest absolute Gasteiger partial charge is 0.481 e. The van der Waals surface area contributed by atoms with Gasteiger partial charge in [-0.25, -0.2) is 0 Å². The van der Waals surface area contributed by atoms with E-state index in [2.05, 4.69) is 6.07 Å². The molecule has 0 radical (unpaired) electrons. The summed E-state index contributed by atoms with van der Waals surface area (Å²) in [4.78, 5) is 22.0. The van der Waals surface area contributed by atoms with Crippen LogP contribution in [0.3, 0.4) is 0 Å². The number of hydrogen-bond donors (Lipinski definition) is 2. The lowest BCUT2D eigenvalue weighted by molar-refractivity contribution is -0.138. The van der Waals surface area contributed by atoms with Crippen LogP contribution in [0.15, 0.2) is 72.8 Å². The lowest BCUT2D eigenvalue weighted by atomic mass is 10.0. The first-order chi connectivity index (χ1) is 13.0. The minimum atomic E-state index is -3.55. The third kappa shape index (κ3) is 5.06. The van der Waals surface area contributed by atoms with Gasteiger partial charge in [0.05, 0.1) is 5.92 Å². The maximum Gasteiger partial charge on any atom is 0.311 e. The van der Waals surface area contributed by atoms with Crippen molar-refractivity contribution in [3.05, 3.63) is 83.9 Å². The molecule has 5 heteroatoms. The van der Waals surface area contributed by atoms with Gasteiger partial charge in [-0.15, -0.1) is 0 Å². The number of carboxylic acids is 1. The number of carboxylic acid groups (broad SMARTS) is 1. The summed E-state index contributed by atoms with van der Waals surface area (Å²) in [6, 6.07) is 22.8. The number of aryl methyl sites for hydroxylation is 1. The fraction of sp³-hybridized carbons (Fsp3) is 0.227. The highest BCUT2D eigenvalue weighted by Gasteiger charge is 2.29. The Balaban J connectivity index is 1.65. The van der Waals surface area contributed by atoms with E-state index in [-0.39, 0.29) is 12.3 Å². The van der Waals surface area contributed by atoms with E-state index >= 15 is 0 Å². The predicted molar refractivity (Wildman–Crippen MR) is 109 cm³/mol. The van der Waals surface area contributed by atoms with Crippen LogP contribution in [0.2, 0.25) is 0 Å². The Labute approximate surface area is 158 Å². The molecule has 3 rings (SSSR count). The Morgan fingerprint density at radius 3 is 2.33 bits per heavy atom. The first-order valence-corrected chi connectivity index (χ1v) is 11.0. The Bertz CT molecular complexity index is 963. The monoisotopic (exact) mass is 382 g/mol. The normalized spacial score (nSPS) is 14.6. The number of carbonyl (C=O) groups is 1. The second-order valence-electron chi connectivity index (χ2n) is 6.80. The molecule has 27 heavy (non-hydrogen) atoms. The van der Waals surface area contributed by atoms with Gasteiger partial charge >= 0.3 is 5.97 Å². The van der Waals surface area contributed by atoms with Crippen molar-refractivity contribution in [1.82, 2.24) is 0 Å². The number of benzene rings is 3. The Morgan fingerprint density at radius 1 is 0.926 bits per heavy atom. The predicted octanol–water partition coefficient (Wildman–Crippen LogP) is 4.91. The third-order valence-electron chi connectivity index (χ3n) is 4.80. The second kappa shape index (κ2) is 8.51. The molecule has 3 aromatic carbocycles. The highest BCUT2D eigenvalue weighted by molar-refractivity contribution is 7.58. The van der Waals surface area contributed by atoms with E-state index in [0.717, 1.165) is 16.3 Å². The van der Waals surface area contributed by atoms with Crippen molar-refractivity contribution < 1.29 is 19.4 Å². The van der Waals surface area contributed by atoms with E-state index in [1.807, 2.05) is 36.4 Å². The van der Waals surface area contributed by atoms with E-state index in [4.69, 9.17) is 0 Å². The first-order valence-electron chi connectivity index (χ1n) is 9.01. The molecule has 140 valence electrons. The fourth-order valence-corrected chi connectivity index (χ4v) is 5.19. The van der Waals surface area contributed by atoms with Crippen LogP contribution in [-0.2, 0) is 15.8 Å². The molecule has 4 nitrogen and oxygen atoms in total. The molecule has 0 aromatic heterocycles. The molecule has 0 aliphatic rings. The lowest BCUT2D eigenvalue weighted by Gasteiger charge is -2.18. The van der Waals surface area contributed by atoms with E-state index in [1.165, 1.54) is 0 Å². The SMILES string of the molecule is O=C(O)C(CP(=O)(O)CCCc1cccc2ccccc12)c1ccccc1. The highest BCUT2D eigenvalue weighted by Crippen LogP contribution is 2.45. The van der Waals surface area contributed by atoms with Gasteiger partial charge < -0.3 is 10.00 Å².